The van der Waals surface area contributed by atoms with Gasteiger partial charge >= 0.3 is 0 Å². The molecule has 0 saturated heterocycles. The molecule has 0 atom stereocenters. The van der Waals surface area contributed by atoms with Crippen molar-refractivity contribution in [3.8, 4) is 0 Å². The van der Waals surface area contributed by atoms with E-state index in [9.17, 15) is 0 Å². The molecule has 1 rings (SSSR count). The Hall–Kier alpha value is 0.0900. The van der Waals surface area contributed by atoms with Gasteiger partial charge in [0.05, 0.1) is 0 Å². The lowest BCUT2D eigenvalue weighted by molar-refractivity contribution is 0.677. The van der Waals surface area contributed by atoms with Gasteiger partial charge in [0.2, 0.25) is 0 Å². The van der Waals surface area contributed by atoms with E-state index in [1.807, 2.05) is 11.8 Å². The second-order valence-electron chi connectivity index (χ2n) is 2.79. The van der Waals surface area contributed by atoms with Crippen molar-refractivity contribution in [2.45, 2.75) is 39.0 Å². The summed E-state index contributed by atoms with van der Waals surface area (Å²) in [6.45, 7) is 2.27. The van der Waals surface area contributed by atoms with E-state index in [4.69, 9.17) is 0 Å². The van der Waals surface area contributed by atoms with Crippen molar-refractivity contribution in [3.63, 3.8) is 0 Å². The highest BCUT2D eigenvalue weighted by molar-refractivity contribution is 8.02. The molecule has 1 aliphatic carbocycles. The van der Waals surface area contributed by atoms with E-state index in [0.29, 0.717) is 0 Å². The van der Waals surface area contributed by atoms with Crippen LogP contribution in [0.15, 0.2) is 10.5 Å². The second-order valence-corrected chi connectivity index (χ2v) is 3.69. The number of hydrogen-bond donors (Lipinski definition) is 0. The first-order chi connectivity index (χ1) is 4.88. The van der Waals surface area contributed by atoms with Crippen LogP contribution in [0.1, 0.15) is 39.0 Å². The van der Waals surface area contributed by atoms with Gasteiger partial charge in [-0.1, -0.05) is 12.5 Å². The lowest BCUT2D eigenvalue weighted by atomic mass is 9.98. The lowest BCUT2D eigenvalue weighted by Gasteiger charge is -2.17. The highest BCUT2D eigenvalue weighted by atomic mass is 32.2. The summed E-state index contributed by atoms with van der Waals surface area (Å²) in [7, 11) is 0. The van der Waals surface area contributed by atoms with Crippen LogP contribution in [0.25, 0.3) is 0 Å². The van der Waals surface area contributed by atoms with Gasteiger partial charge in [-0.25, -0.2) is 0 Å². The molecule has 0 amide bonds. The van der Waals surface area contributed by atoms with Crippen molar-refractivity contribution < 1.29 is 0 Å². The Balaban J connectivity index is 2.63. The summed E-state index contributed by atoms with van der Waals surface area (Å²) >= 11 is 1.96. The van der Waals surface area contributed by atoms with E-state index in [-0.39, 0.29) is 0 Å². The highest BCUT2D eigenvalue weighted by Crippen LogP contribution is 2.32. The van der Waals surface area contributed by atoms with E-state index >= 15 is 0 Å². The maximum absolute atomic E-state index is 2.27. The van der Waals surface area contributed by atoms with Crippen LogP contribution in [-0.2, 0) is 0 Å². The van der Waals surface area contributed by atoms with E-state index in [1.165, 1.54) is 32.1 Å². The van der Waals surface area contributed by atoms with E-state index in [2.05, 4.69) is 13.2 Å². The Morgan fingerprint density at radius 3 is 2.50 bits per heavy atom. The number of rotatable bonds is 2. The van der Waals surface area contributed by atoms with Crippen LogP contribution in [0, 0.1) is 0 Å². The zero-order valence-corrected chi connectivity index (χ0v) is 7.76. The molecule has 0 heterocycles. The molecule has 0 aromatic rings. The first-order valence-electron chi connectivity index (χ1n) is 4.13. The van der Waals surface area contributed by atoms with Gasteiger partial charge in [0, 0.05) is 0 Å². The average Bonchev–Trinajstić information content (AvgIpc) is 2.04. The molecule has 0 N–H and O–H groups in total. The van der Waals surface area contributed by atoms with Crippen LogP contribution in [0.2, 0.25) is 0 Å². The van der Waals surface area contributed by atoms with Crippen molar-refractivity contribution in [2.75, 3.05) is 6.26 Å². The van der Waals surface area contributed by atoms with Crippen LogP contribution >= 0.6 is 11.8 Å². The smallest absolute Gasteiger partial charge is 0.0140 e. The minimum absolute atomic E-state index is 1.27. The fraction of sp³-hybridized carbons (Fsp3) is 0.778. The summed E-state index contributed by atoms with van der Waals surface area (Å²) in [5.41, 5.74) is 1.72. The maximum Gasteiger partial charge on any atom is -0.0140 e. The normalized spacial score (nSPS) is 19.8. The SMILES string of the molecule is CCC1=C(SC)CCCC1. The molecule has 0 fully saturated rings. The molecule has 0 radical (unpaired) electrons. The summed E-state index contributed by atoms with van der Waals surface area (Å²) in [6.07, 6.45) is 9.04. The van der Waals surface area contributed by atoms with Crippen molar-refractivity contribution in [2.24, 2.45) is 0 Å². The van der Waals surface area contributed by atoms with Crippen LogP contribution in [-0.4, -0.2) is 6.26 Å². The lowest BCUT2D eigenvalue weighted by Crippen LogP contribution is -1.95. The zero-order valence-electron chi connectivity index (χ0n) is 6.94. The van der Waals surface area contributed by atoms with Gasteiger partial charge < -0.3 is 0 Å². The molecule has 0 aromatic carbocycles. The molecule has 1 heteroatoms. The quantitative estimate of drug-likeness (QED) is 0.589. The third-order valence-corrected chi connectivity index (χ3v) is 3.19. The van der Waals surface area contributed by atoms with Gasteiger partial charge in [-0.05, 0) is 43.3 Å². The fourth-order valence-corrected chi connectivity index (χ4v) is 2.44. The predicted molar refractivity (Wildman–Crippen MR) is 49.3 cm³/mol. The van der Waals surface area contributed by atoms with Gasteiger partial charge in [-0.2, -0.15) is 0 Å². The number of thioether (sulfide) groups is 1. The topological polar surface area (TPSA) is 0 Å². The molecule has 10 heavy (non-hydrogen) atoms. The molecule has 0 unspecified atom stereocenters. The van der Waals surface area contributed by atoms with Crippen molar-refractivity contribution in [3.05, 3.63) is 10.5 Å². The summed E-state index contributed by atoms with van der Waals surface area (Å²) in [5, 5.41) is 0. The van der Waals surface area contributed by atoms with E-state index in [0.717, 1.165) is 0 Å². The first kappa shape index (κ1) is 8.19. The van der Waals surface area contributed by atoms with E-state index < -0.39 is 0 Å². The largest absolute Gasteiger partial charge is 0.134 e. The minimum atomic E-state index is 1.27. The predicted octanol–water partition coefficient (Wildman–Crippen LogP) is 3.59. The van der Waals surface area contributed by atoms with Crippen molar-refractivity contribution >= 4 is 11.8 Å². The molecular weight excluding hydrogens is 140 g/mol. The van der Waals surface area contributed by atoms with Crippen LogP contribution < -0.4 is 0 Å². The molecule has 0 bridgehead atoms. The average molecular weight is 156 g/mol. The number of hydrogen-bond acceptors (Lipinski definition) is 1. The Kier molecular flexibility index (Phi) is 3.33. The summed E-state index contributed by atoms with van der Waals surface area (Å²) < 4.78 is 0. The van der Waals surface area contributed by atoms with E-state index in [1.54, 1.807) is 10.5 Å². The molecular formula is C9H16S. The highest BCUT2D eigenvalue weighted by Gasteiger charge is 2.09. The molecule has 1 aliphatic rings. The molecule has 0 nitrogen and oxygen atoms in total. The molecule has 0 aromatic heterocycles. The van der Waals surface area contributed by atoms with Crippen LogP contribution in [0.3, 0.4) is 0 Å². The number of allylic oxidation sites excluding steroid dienone is 2. The monoisotopic (exact) mass is 156 g/mol. The summed E-state index contributed by atoms with van der Waals surface area (Å²) in [4.78, 5) is 1.67. The Morgan fingerprint density at radius 2 is 2.00 bits per heavy atom. The molecule has 0 saturated carbocycles. The first-order valence-corrected chi connectivity index (χ1v) is 5.35. The summed E-state index contributed by atoms with van der Waals surface area (Å²) in [5.74, 6) is 0. The third-order valence-electron chi connectivity index (χ3n) is 2.20. The van der Waals surface area contributed by atoms with Crippen LogP contribution in [0.5, 0.6) is 0 Å². The second kappa shape index (κ2) is 4.07. The fourth-order valence-electron chi connectivity index (χ4n) is 1.56. The third kappa shape index (κ3) is 1.79. The zero-order chi connectivity index (χ0) is 7.40. The molecule has 58 valence electrons. The minimum Gasteiger partial charge on any atom is -0.134 e. The van der Waals surface area contributed by atoms with Crippen molar-refractivity contribution in [1.82, 2.24) is 0 Å². The standard InChI is InChI=1S/C9H16S/c1-3-8-6-4-5-7-9(8)10-2/h3-7H2,1-2H3. The van der Waals surface area contributed by atoms with Gasteiger partial charge in [0.15, 0.2) is 0 Å². The Morgan fingerprint density at radius 1 is 1.30 bits per heavy atom. The van der Waals surface area contributed by atoms with Crippen LogP contribution in [0.4, 0.5) is 0 Å². The van der Waals surface area contributed by atoms with Gasteiger partial charge in [0.25, 0.3) is 0 Å². The molecule has 0 spiro atoms. The molecule has 0 aliphatic heterocycles. The summed E-state index contributed by atoms with van der Waals surface area (Å²) in [6, 6.07) is 0. The van der Waals surface area contributed by atoms with Crippen molar-refractivity contribution in [1.29, 1.82) is 0 Å². The van der Waals surface area contributed by atoms with Gasteiger partial charge in [-0.15, -0.1) is 11.8 Å². The Labute approximate surface area is 68.1 Å². The maximum atomic E-state index is 2.27. The van der Waals surface area contributed by atoms with Gasteiger partial charge in [0.1, 0.15) is 0 Å². The Bertz CT molecular complexity index is 120. The van der Waals surface area contributed by atoms with Gasteiger partial charge in [-0.3, -0.25) is 0 Å².